The molecule has 2 bridgehead atoms. The van der Waals surface area contributed by atoms with Crippen molar-refractivity contribution in [3.05, 3.63) is 0 Å². The van der Waals surface area contributed by atoms with Crippen molar-refractivity contribution in [2.45, 2.75) is 50.1 Å². The van der Waals surface area contributed by atoms with Crippen LogP contribution in [0.4, 0.5) is 4.79 Å². The van der Waals surface area contributed by atoms with Gasteiger partial charge in [-0.25, -0.2) is 9.59 Å². The number of carboxylic acid groups (broad SMARTS) is 1. The van der Waals surface area contributed by atoms with Crippen molar-refractivity contribution in [2.75, 3.05) is 6.54 Å². The molecular formula is C12H18N2O3. The molecule has 1 heterocycles. The average Bonchev–Trinajstić information content (AvgIpc) is 2.83. The summed E-state index contributed by atoms with van der Waals surface area (Å²) >= 11 is 0. The van der Waals surface area contributed by atoms with Crippen LogP contribution in [0.25, 0.3) is 0 Å². The van der Waals surface area contributed by atoms with Crippen LogP contribution in [0.3, 0.4) is 0 Å². The average molecular weight is 238 g/mol. The molecule has 94 valence electrons. The molecule has 3 fully saturated rings. The highest BCUT2D eigenvalue weighted by molar-refractivity contribution is 5.87. The van der Waals surface area contributed by atoms with Crippen molar-refractivity contribution < 1.29 is 14.7 Å². The molecule has 1 saturated heterocycles. The first-order chi connectivity index (χ1) is 8.11. The van der Waals surface area contributed by atoms with Crippen molar-refractivity contribution in [1.82, 2.24) is 10.2 Å². The Bertz CT molecular complexity index is 365. The Morgan fingerprint density at radius 1 is 1.29 bits per heavy atom. The summed E-state index contributed by atoms with van der Waals surface area (Å²) in [6.07, 6.45) is 5.43. The number of carboxylic acids is 1. The maximum absolute atomic E-state index is 12.1. The van der Waals surface area contributed by atoms with Gasteiger partial charge in [-0.1, -0.05) is 0 Å². The van der Waals surface area contributed by atoms with Crippen molar-refractivity contribution >= 4 is 12.0 Å². The zero-order valence-electron chi connectivity index (χ0n) is 9.82. The molecule has 5 nitrogen and oxygen atoms in total. The number of hydrogen-bond donors (Lipinski definition) is 2. The van der Waals surface area contributed by atoms with Gasteiger partial charge < -0.3 is 15.3 Å². The predicted octanol–water partition coefficient (Wildman–Crippen LogP) is 1.19. The number of hydrogen-bond acceptors (Lipinski definition) is 2. The second kappa shape index (κ2) is 3.62. The summed E-state index contributed by atoms with van der Waals surface area (Å²) in [6, 6.07) is 0.185. The standard InChI is InChI=1S/C12H18N2O3/c15-10(16)12(4-1-5-12)13-11(17)14-7-8-2-3-9(14)6-8/h8-9H,1-7H2,(H,13,17)(H,15,16). The van der Waals surface area contributed by atoms with Gasteiger partial charge in [-0.05, 0) is 44.4 Å². The van der Waals surface area contributed by atoms with Gasteiger partial charge in [0.1, 0.15) is 5.54 Å². The number of carbonyl (C=O) groups excluding carboxylic acids is 1. The molecular weight excluding hydrogens is 220 g/mol. The van der Waals surface area contributed by atoms with Crippen LogP contribution in [0.2, 0.25) is 0 Å². The Kier molecular flexibility index (Phi) is 2.31. The normalized spacial score (nSPS) is 33.3. The summed E-state index contributed by atoms with van der Waals surface area (Å²) in [5.41, 5.74) is -0.973. The van der Waals surface area contributed by atoms with E-state index < -0.39 is 11.5 Å². The quantitative estimate of drug-likeness (QED) is 0.759. The van der Waals surface area contributed by atoms with Gasteiger partial charge in [0.05, 0.1) is 0 Å². The lowest BCUT2D eigenvalue weighted by molar-refractivity contribution is -0.148. The van der Waals surface area contributed by atoms with Crippen molar-refractivity contribution in [3.63, 3.8) is 0 Å². The Hall–Kier alpha value is -1.26. The molecule has 2 N–H and O–H groups in total. The molecule has 17 heavy (non-hydrogen) atoms. The van der Waals surface area contributed by atoms with E-state index in [2.05, 4.69) is 5.32 Å². The summed E-state index contributed by atoms with van der Waals surface area (Å²) in [5, 5.41) is 11.9. The van der Waals surface area contributed by atoms with Crippen molar-refractivity contribution in [2.24, 2.45) is 5.92 Å². The summed E-state index contributed by atoms with van der Waals surface area (Å²) < 4.78 is 0. The maximum atomic E-state index is 12.1. The minimum absolute atomic E-state index is 0.167. The highest BCUT2D eigenvalue weighted by atomic mass is 16.4. The van der Waals surface area contributed by atoms with E-state index in [9.17, 15) is 14.7 Å². The molecule has 0 spiro atoms. The van der Waals surface area contributed by atoms with Crippen molar-refractivity contribution in [1.29, 1.82) is 0 Å². The van der Waals surface area contributed by atoms with E-state index in [0.29, 0.717) is 24.8 Å². The molecule has 0 aromatic rings. The molecule has 3 rings (SSSR count). The van der Waals surface area contributed by atoms with E-state index in [1.165, 1.54) is 6.42 Å². The lowest BCUT2D eigenvalue weighted by atomic mass is 9.77. The lowest BCUT2D eigenvalue weighted by Crippen LogP contribution is -2.62. The van der Waals surface area contributed by atoms with Crippen LogP contribution >= 0.6 is 0 Å². The Labute approximate surface area is 100 Å². The number of aliphatic carboxylic acids is 1. The first-order valence-corrected chi connectivity index (χ1v) is 6.43. The topological polar surface area (TPSA) is 69.6 Å². The van der Waals surface area contributed by atoms with Gasteiger partial charge in [-0.15, -0.1) is 0 Å². The van der Waals surface area contributed by atoms with Gasteiger partial charge in [0.2, 0.25) is 0 Å². The Morgan fingerprint density at radius 2 is 2.06 bits per heavy atom. The number of carbonyl (C=O) groups is 2. The van der Waals surface area contributed by atoms with Gasteiger partial charge in [0.15, 0.2) is 0 Å². The minimum atomic E-state index is -0.973. The molecule has 5 heteroatoms. The molecule has 2 unspecified atom stereocenters. The van der Waals surface area contributed by atoms with E-state index in [4.69, 9.17) is 0 Å². The Balaban J connectivity index is 1.65. The van der Waals surface area contributed by atoms with Crippen LogP contribution in [0.1, 0.15) is 38.5 Å². The number of likely N-dealkylation sites (tertiary alicyclic amines) is 1. The molecule has 0 radical (unpaired) electrons. The van der Waals surface area contributed by atoms with Gasteiger partial charge in [0.25, 0.3) is 0 Å². The molecule has 2 atom stereocenters. The summed E-state index contributed by atoms with van der Waals surface area (Å²) in [4.78, 5) is 25.1. The number of rotatable bonds is 2. The van der Waals surface area contributed by atoms with Crippen LogP contribution in [0, 0.1) is 5.92 Å². The van der Waals surface area contributed by atoms with Crippen LogP contribution in [0.15, 0.2) is 0 Å². The molecule has 2 saturated carbocycles. The van der Waals surface area contributed by atoms with Crippen LogP contribution in [-0.4, -0.2) is 40.1 Å². The first kappa shape index (κ1) is 10.9. The van der Waals surface area contributed by atoms with E-state index in [-0.39, 0.29) is 6.03 Å². The molecule has 1 aliphatic heterocycles. The monoisotopic (exact) mass is 238 g/mol. The minimum Gasteiger partial charge on any atom is -0.480 e. The SMILES string of the molecule is O=C(NC1(C(=O)O)CCC1)N1CC2CCC1C2. The smallest absolute Gasteiger partial charge is 0.329 e. The molecule has 2 amide bonds. The fraction of sp³-hybridized carbons (Fsp3) is 0.833. The molecule has 3 aliphatic rings. The zero-order chi connectivity index (χ0) is 12.0. The predicted molar refractivity (Wildman–Crippen MR) is 60.6 cm³/mol. The van der Waals surface area contributed by atoms with Crippen LogP contribution in [-0.2, 0) is 4.79 Å². The summed E-state index contributed by atoms with van der Waals surface area (Å²) in [7, 11) is 0. The van der Waals surface area contributed by atoms with Gasteiger partial charge >= 0.3 is 12.0 Å². The lowest BCUT2D eigenvalue weighted by Gasteiger charge is -2.40. The van der Waals surface area contributed by atoms with E-state index >= 15 is 0 Å². The van der Waals surface area contributed by atoms with Gasteiger partial charge in [-0.3, -0.25) is 0 Å². The number of nitrogens with one attached hydrogen (secondary N) is 1. The number of piperidine rings is 1. The van der Waals surface area contributed by atoms with Crippen LogP contribution in [0.5, 0.6) is 0 Å². The second-order valence-electron chi connectivity index (χ2n) is 5.66. The fourth-order valence-corrected chi connectivity index (χ4v) is 3.37. The van der Waals surface area contributed by atoms with Gasteiger partial charge in [0, 0.05) is 12.6 Å². The maximum Gasteiger partial charge on any atom is 0.329 e. The van der Waals surface area contributed by atoms with E-state index in [1.807, 2.05) is 4.90 Å². The number of nitrogens with zero attached hydrogens (tertiary/aromatic N) is 1. The van der Waals surface area contributed by atoms with Crippen molar-refractivity contribution in [3.8, 4) is 0 Å². The Morgan fingerprint density at radius 3 is 2.47 bits per heavy atom. The summed E-state index contributed by atoms with van der Waals surface area (Å²) in [6.45, 7) is 0.812. The third-order valence-electron chi connectivity index (χ3n) is 4.63. The van der Waals surface area contributed by atoms with E-state index in [1.54, 1.807) is 0 Å². The van der Waals surface area contributed by atoms with Crippen LogP contribution < -0.4 is 5.32 Å². The van der Waals surface area contributed by atoms with E-state index in [0.717, 1.165) is 25.8 Å². The summed E-state index contributed by atoms with van der Waals surface area (Å²) in [5.74, 6) is -0.241. The molecule has 0 aromatic carbocycles. The highest BCUT2D eigenvalue weighted by Gasteiger charge is 2.48. The third kappa shape index (κ3) is 1.59. The number of amides is 2. The highest BCUT2D eigenvalue weighted by Crippen LogP contribution is 2.38. The fourth-order valence-electron chi connectivity index (χ4n) is 3.37. The molecule has 2 aliphatic carbocycles. The largest absolute Gasteiger partial charge is 0.480 e. The second-order valence-corrected chi connectivity index (χ2v) is 5.66. The molecule has 0 aromatic heterocycles. The third-order valence-corrected chi connectivity index (χ3v) is 4.63. The number of urea groups is 1. The zero-order valence-corrected chi connectivity index (χ0v) is 9.82. The van der Waals surface area contributed by atoms with Gasteiger partial charge in [-0.2, -0.15) is 0 Å². The first-order valence-electron chi connectivity index (χ1n) is 6.43. The number of fused-ring (bicyclic) bond motifs is 2.